The number of anilines is 1. The Bertz CT molecular complexity index is 630. The van der Waals surface area contributed by atoms with E-state index in [4.69, 9.17) is 0 Å². The van der Waals surface area contributed by atoms with Crippen LogP contribution in [0.1, 0.15) is 15.8 Å². The van der Waals surface area contributed by atoms with Gasteiger partial charge in [0.2, 0.25) is 0 Å². The summed E-state index contributed by atoms with van der Waals surface area (Å²) in [6, 6.07) is 15.2. The predicted molar refractivity (Wildman–Crippen MR) is 85.1 cm³/mol. The standard InChI is InChI=1S/C16H14FNS2/c17-12-5-7-13(8-6-12)18-15(16-4-2-10-20-16)11-14-3-1-9-19-14/h1-10,15,18H,11H2. The maximum absolute atomic E-state index is 13.0. The summed E-state index contributed by atoms with van der Waals surface area (Å²) >= 11 is 3.51. The van der Waals surface area contributed by atoms with E-state index in [1.165, 1.54) is 21.9 Å². The maximum atomic E-state index is 13.0. The molecule has 4 heteroatoms. The van der Waals surface area contributed by atoms with Crippen LogP contribution in [0.2, 0.25) is 0 Å². The van der Waals surface area contributed by atoms with Crippen molar-refractivity contribution in [3.05, 3.63) is 74.9 Å². The molecule has 3 aromatic rings. The van der Waals surface area contributed by atoms with E-state index in [9.17, 15) is 4.39 Å². The van der Waals surface area contributed by atoms with Crippen molar-refractivity contribution in [1.29, 1.82) is 0 Å². The predicted octanol–water partition coefficient (Wildman–Crippen LogP) is 5.34. The molecule has 0 aliphatic heterocycles. The monoisotopic (exact) mass is 303 g/mol. The van der Waals surface area contributed by atoms with Gasteiger partial charge in [-0.1, -0.05) is 12.1 Å². The summed E-state index contributed by atoms with van der Waals surface area (Å²) in [5, 5.41) is 7.68. The lowest BCUT2D eigenvalue weighted by Crippen LogP contribution is -2.11. The molecule has 0 saturated carbocycles. The van der Waals surface area contributed by atoms with Gasteiger partial charge >= 0.3 is 0 Å². The Morgan fingerprint density at radius 1 is 0.950 bits per heavy atom. The van der Waals surface area contributed by atoms with Crippen LogP contribution in [0.3, 0.4) is 0 Å². The van der Waals surface area contributed by atoms with Gasteiger partial charge in [0.1, 0.15) is 5.82 Å². The van der Waals surface area contributed by atoms with Crippen molar-refractivity contribution in [2.24, 2.45) is 0 Å². The van der Waals surface area contributed by atoms with Crippen molar-refractivity contribution in [1.82, 2.24) is 0 Å². The van der Waals surface area contributed by atoms with E-state index < -0.39 is 0 Å². The molecule has 2 aromatic heterocycles. The molecule has 1 unspecified atom stereocenters. The third-order valence-corrected chi connectivity index (χ3v) is 4.94. The van der Waals surface area contributed by atoms with Crippen LogP contribution in [-0.2, 0) is 6.42 Å². The Hall–Kier alpha value is -1.65. The summed E-state index contributed by atoms with van der Waals surface area (Å²) in [5.74, 6) is -0.207. The van der Waals surface area contributed by atoms with Gasteiger partial charge in [-0.3, -0.25) is 0 Å². The molecule has 0 bridgehead atoms. The fraction of sp³-hybridized carbons (Fsp3) is 0.125. The summed E-state index contributed by atoms with van der Waals surface area (Å²) in [7, 11) is 0. The molecule has 0 fully saturated rings. The van der Waals surface area contributed by atoms with E-state index in [0.29, 0.717) is 0 Å². The minimum Gasteiger partial charge on any atom is -0.377 e. The molecular formula is C16H14FNS2. The van der Waals surface area contributed by atoms with Crippen LogP contribution in [0.5, 0.6) is 0 Å². The first-order chi connectivity index (χ1) is 9.81. The van der Waals surface area contributed by atoms with Crippen molar-refractivity contribution >= 4 is 28.4 Å². The van der Waals surface area contributed by atoms with Crippen molar-refractivity contribution < 1.29 is 4.39 Å². The third-order valence-electron chi connectivity index (χ3n) is 3.06. The molecule has 1 nitrogen and oxygen atoms in total. The molecule has 2 heterocycles. The van der Waals surface area contributed by atoms with Crippen LogP contribution in [0.25, 0.3) is 0 Å². The topological polar surface area (TPSA) is 12.0 Å². The van der Waals surface area contributed by atoms with Crippen LogP contribution in [0.15, 0.2) is 59.3 Å². The molecule has 20 heavy (non-hydrogen) atoms. The van der Waals surface area contributed by atoms with Gasteiger partial charge in [-0.25, -0.2) is 4.39 Å². The molecule has 0 spiro atoms. The van der Waals surface area contributed by atoms with Crippen molar-refractivity contribution in [2.45, 2.75) is 12.5 Å². The smallest absolute Gasteiger partial charge is 0.123 e. The van der Waals surface area contributed by atoms with E-state index in [-0.39, 0.29) is 11.9 Å². The van der Waals surface area contributed by atoms with Gasteiger partial charge in [-0.05, 0) is 47.2 Å². The van der Waals surface area contributed by atoms with E-state index in [0.717, 1.165) is 12.1 Å². The quantitative estimate of drug-likeness (QED) is 0.670. The number of benzene rings is 1. The second kappa shape index (κ2) is 6.20. The van der Waals surface area contributed by atoms with Crippen molar-refractivity contribution in [3.63, 3.8) is 0 Å². The summed E-state index contributed by atoms with van der Waals surface area (Å²) in [6.45, 7) is 0. The highest BCUT2D eigenvalue weighted by Crippen LogP contribution is 2.28. The highest BCUT2D eigenvalue weighted by molar-refractivity contribution is 7.10. The number of halogens is 1. The van der Waals surface area contributed by atoms with E-state index in [2.05, 4.69) is 40.3 Å². The molecule has 1 N–H and O–H groups in total. The number of nitrogens with one attached hydrogen (secondary N) is 1. The van der Waals surface area contributed by atoms with Crippen molar-refractivity contribution in [3.8, 4) is 0 Å². The zero-order valence-electron chi connectivity index (χ0n) is 10.8. The zero-order valence-corrected chi connectivity index (χ0v) is 12.4. The molecule has 0 aliphatic rings. The highest BCUT2D eigenvalue weighted by atomic mass is 32.1. The molecule has 0 amide bonds. The maximum Gasteiger partial charge on any atom is 0.123 e. The SMILES string of the molecule is Fc1ccc(NC(Cc2cccs2)c2cccs2)cc1. The van der Waals surface area contributed by atoms with Crippen LogP contribution < -0.4 is 5.32 Å². The molecule has 0 saturated heterocycles. The first-order valence-corrected chi connectivity index (χ1v) is 8.15. The Morgan fingerprint density at radius 2 is 1.70 bits per heavy atom. The lowest BCUT2D eigenvalue weighted by molar-refractivity contribution is 0.628. The average molecular weight is 303 g/mol. The number of rotatable bonds is 5. The lowest BCUT2D eigenvalue weighted by atomic mass is 10.1. The summed E-state index contributed by atoms with van der Waals surface area (Å²) < 4.78 is 13.0. The summed E-state index contributed by atoms with van der Waals surface area (Å²) in [4.78, 5) is 2.64. The second-order valence-electron chi connectivity index (χ2n) is 4.50. The van der Waals surface area contributed by atoms with Gasteiger partial charge in [0.05, 0.1) is 6.04 Å². The van der Waals surface area contributed by atoms with Crippen molar-refractivity contribution in [2.75, 3.05) is 5.32 Å². The Kier molecular flexibility index (Phi) is 4.14. The van der Waals surface area contributed by atoms with E-state index >= 15 is 0 Å². The minimum absolute atomic E-state index is 0.207. The molecule has 1 atom stereocenters. The van der Waals surface area contributed by atoms with E-state index in [1.54, 1.807) is 34.8 Å². The summed E-state index contributed by atoms with van der Waals surface area (Å²) in [5.41, 5.74) is 0.946. The highest BCUT2D eigenvalue weighted by Gasteiger charge is 2.14. The first-order valence-electron chi connectivity index (χ1n) is 6.39. The fourth-order valence-corrected chi connectivity index (χ4v) is 3.62. The first kappa shape index (κ1) is 13.3. The Morgan fingerprint density at radius 3 is 2.35 bits per heavy atom. The second-order valence-corrected chi connectivity index (χ2v) is 6.51. The molecular weight excluding hydrogens is 289 g/mol. The van der Waals surface area contributed by atoms with Crippen LogP contribution in [-0.4, -0.2) is 0 Å². The van der Waals surface area contributed by atoms with Crippen LogP contribution in [0.4, 0.5) is 10.1 Å². The van der Waals surface area contributed by atoms with Gasteiger partial charge in [0.25, 0.3) is 0 Å². The third kappa shape index (κ3) is 3.26. The van der Waals surface area contributed by atoms with Gasteiger partial charge in [0, 0.05) is 21.9 Å². The molecule has 102 valence electrons. The lowest BCUT2D eigenvalue weighted by Gasteiger charge is -2.18. The van der Waals surface area contributed by atoms with Gasteiger partial charge in [-0.15, -0.1) is 22.7 Å². The van der Waals surface area contributed by atoms with Gasteiger partial charge in [0.15, 0.2) is 0 Å². The Labute approximate surface area is 125 Å². The number of hydrogen-bond donors (Lipinski definition) is 1. The molecule has 3 rings (SSSR count). The summed E-state index contributed by atoms with van der Waals surface area (Å²) in [6.07, 6.45) is 0.940. The zero-order chi connectivity index (χ0) is 13.8. The van der Waals surface area contributed by atoms with Gasteiger partial charge < -0.3 is 5.32 Å². The number of thiophene rings is 2. The molecule has 0 radical (unpaired) electrons. The van der Waals surface area contributed by atoms with Crippen LogP contribution >= 0.6 is 22.7 Å². The normalized spacial score (nSPS) is 12.2. The number of hydrogen-bond acceptors (Lipinski definition) is 3. The minimum atomic E-state index is -0.207. The molecule has 1 aromatic carbocycles. The fourth-order valence-electron chi connectivity index (χ4n) is 2.09. The Balaban J connectivity index is 1.80. The average Bonchev–Trinajstić information content (AvgIpc) is 3.12. The van der Waals surface area contributed by atoms with Gasteiger partial charge in [-0.2, -0.15) is 0 Å². The van der Waals surface area contributed by atoms with Crippen LogP contribution in [0, 0.1) is 5.82 Å². The largest absolute Gasteiger partial charge is 0.377 e. The van der Waals surface area contributed by atoms with E-state index in [1.807, 2.05) is 0 Å². The molecule has 0 aliphatic carbocycles.